The molecule has 2 atom stereocenters. The molecule has 1 aromatic rings. The summed E-state index contributed by atoms with van der Waals surface area (Å²) in [7, 11) is 1.89. The summed E-state index contributed by atoms with van der Waals surface area (Å²) in [6, 6.07) is 2.32. The first kappa shape index (κ1) is 14.1. The topological polar surface area (TPSA) is 64.2 Å². The van der Waals surface area contributed by atoms with Crippen molar-refractivity contribution in [2.24, 2.45) is 12.8 Å². The van der Waals surface area contributed by atoms with E-state index in [4.69, 9.17) is 5.73 Å². The van der Waals surface area contributed by atoms with E-state index in [9.17, 15) is 4.79 Å². The van der Waals surface area contributed by atoms with E-state index in [1.165, 1.54) is 0 Å². The maximum Gasteiger partial charge on any atom is 0.274 e. The molecule has 1 fully saturated rings. The van der Waals surface area contributed by atoms with Crippen molar-refractivity contribution < 1.29 is 4.79 Å². The van der Waals surface area contributed by atoms with E-state index in [2.05, 4.69) is 25.9 Å². The summed E-state index contributed by atoms with van der Waals surface area (Å²) in [5, 5.41) is 4.35. The summed E-state index contributed by atoms with van der Waals surface area (Å²) in [4.78, 5) is 14.4. The lowest BCUT2D eigenvalue weighted by atomic mass is 9.99. The first-order chi connectivity index (χ1) is 8.90. The van der Waals surface area contributed by atoms with Gasteiger partial charge in [-0.3, -0.25) is 9.48 Å². The molecule has 0 spiro atoms. The van der Waals surface area contributed by atoms with Gasteiger partial charge in [0.2, 0.25) is 0 Å². The second kappa shape index (κ2) is 5.33. The highest BCUT2D eigenvalue weighted by Crippen LogP contribution is 2.20. The highest BCUT2D eigenvalue weighted by atomic mass is 16.2. The quantitative estimate of drug-likeness (QED) is 0.880. The van der Waals surface area contributed by atoms with Crippen molar-refractivity contribution in [3.8, 4) is 0 Å². The molecule has 19 heavy (non-hydrogen) atoms. The Bertz CT molecular complexity index is 466. The molecule has 0 aliphatic carbocycles. The molecule has 0 unspecified atom stereocenters. The zero-order valence-corrected chi connectivity index (χ0v) is 12.3. The Labute approximate surface area is 114 Å². The van der Waals surface area contributed by atoms with Crippen LogP contribution < -0.4 is 5.73 Å². The lowest BCUT2D eigenvalue weighted by Crippen LogP contribution is -2.48. The minimum absolute atomic E-state index is 0.0295. The number of aromatic nitrogens is 2. The average Bonchev–Trinajstić information content (AvgIpc) is 2.70. The molecule has 2 rings (SSSR count). The maximum atomic E-state index is 12.5. The minimum atomic E-state index is 0.0295. The van der Waals surface area contributed by atoms with Crippen LogP contribution in [0.5, 0.6) is 0 Å². The van der Waals surface area contributed by atoms with Crippen LogP contribution in [0.3, 0.4) is 0 Å². The molecule has 106 valence electrons. The normalized spacial score (nSPS) is 24.0. The zero-order valence-electron chi connectivity index (χ0n) is 12.3. The van der Waals surface area contributed by atoms with E-state index in [0.29, 0.717) is 11.6 Å². The van der Waals surface area contributed by atoms with E-state index in [1.54, 1.807) is 4.68 Å². The van der Waals surface area contributed by atoms with Crippen LogP contribution in [0.2, 0.25) is 0 Å². The summed E-state index contributed by atoms with van der Waals surface area (Å²) in [6.45, 7) is 7.00. The molecular formula is C14H24N4O. The largest absolute Gasteiger partial charge is 0.334 e. The number of carbonyl (C=O) groups excluding carboxylic acids is 1. The van der Waals surface area contributed by atoms with E-state index in [0.717, 1.165) is 25.1 Å². The Balaban J connectivity index is 2.18. The summed E-state index contributed by atoms with van der Waals surface area (Å²) in [5.74, 6) is 0.396. The fourth-order valence-electron chi connectivity index (χ4n) is 2.78. The Morgan fingerprint density at radius 2 is 2.21 bits per heavy atom. The smallest absolute Gasteiger partial charge is 0.274 e. The molecule has 1 saturated heterocycles. The SMILES string of the molecule is CC(C)c1cc(C(=O)N2CC[C@H](N)C[C@@H]2C)nn1C. The van der Waals surface area contributed by atoms with Crippen LogP contribution in [0.25, 0.3) is 0 Å². The van der Waals surface area contributed by atoms with Gasteiger partial charge < -0.3 is 10.6 Å². The van der Waals surface area contributed by atoms with Gasteiger partial charge in [-0.25, -0.2) is 0 Å². The van der Waals surface area contributed by atoms with Crippen LogP contribution in [-0.4, -0.2) is 39.2 Å². The van der Waals surface area contributed by atoms with Crippen LogP contribution in [0, 0.1) is 0 Å². The van der Waals surface area contributed by atoms with Crippen molar-refractivity contribution in [1.29, 1.82) is 0 Å². The molecule has 0 bridgehead atoms. The minimum Gasteiger partial charge on any atom is -0.334 e. The number of nitrogens with two attached hydrogens (primary N) is 1. The Hall–Kier alpha value is -1.36. The van der Waals surface area contributed by atoms with E-state index in [1.807, 2.05) is 18.0 Å². The van der Waals surface area contributed by atoms with E-state index < -0.39 is 0 Å². The van der Waals surface area contributed by atoms with Gasteiger partial charge in [-0.15, -0.1) is 0 Å². The molecule has 0 radical (unpaired) electrons. The molecule has 2 N–H and O–H groups in total. The third-order valence-corrected chi connectivity index (χ3v) is 3.90. The zero-order chi connectivity index (χ0) is 14.2. The molecule has 0 aromatic carbocycles. The number of nitrogens with zero attached hydrogens (tertiary/aromatic N) is 3. The van der Waals surface area contributed by atoms with Crippen molar-refractivity contribution >= 4 is 5.91 Å². The average molecular weight is 264 g/mol. The fourth-order valence-corrected chi connectivity index (χ4v) is 2.78. The Morgan fingerprint density at radius 3 is 2.74 bits per heavy atom. The Morgan fingerprint density at radius 1 is 1.53 bits per heavy atom. The molecule has 1 amide bonds. The first-order valence-corrected chi connectivity index (χ1v) is 7.00. The molecule has 1 aliphatic rings. The number of hydrogen-bond acceptors (Lipinski definition) is 3. The van der Waals surface area contributed by atoms with E-state index in [-0.39, 0.29) is 18.0 Å². The third-order valence-electron chi connectivity index (χ3n) is 3.90. The van der Waals surface area contributed by atoms with Crippen molar-refractivity contribution in [3.63, 3.8) is 0 Å². The second-order valence-electron chi connectivity index (χ2n) is 5.86. The monoisotopic (exact) mass is 264 g/mol. The predicted molar refractivity (Wildman–Crippen MR) is 75.0 cm³/mol. The predicted octanol–water partition coefficient (Wildman–Crippen LogP) is 1.50. The molecule has 0 saturated carbocycles. The maximum absolute atomic E-state index is 12.5. The summed E-state index contributed by atoms with van der Waals surface area (Å²) >= 11 is 0. The van der Waals surface area contributed by atoms with Gasteiger partial charge in [0.15, 0.2) is 5.69 Å². The van der Waals surface area contributed by atoms with Gasteiger partial charge in [0.1, 0.15) is 0 Å². The number of piperidine rings is 1. The van der Waals surface area contributed by atoms with Gasteiger partial charge in [-0.05, 0) is 31.7 Å². The van der Waals surface area contributed by atoms with Gasteiger partial charge in [0, 0.05) is 31.4 Å². The van der Waals surface area contributed by atoms with Crippen LogP contribution in [0.15, 0.2) is 6.07 Å². The fraction of sp³-hybridized carbons (Fsp3) is 0.714. The van der Waals surface area contributed by atoms with Gasteiger partial charge in [-0.1, -0.05) is 13.8 Å². The molecule has 5 heteroatoms. The number of hydrogen-bond donors (Lipinski definition) is 1. The molecule has 1 aromatic heterocycles. The summed E-state index contributed by atoms with van der Waals surface area (Å²) in [6.07, 6.45) is 1.75. The number of aryl methyl sites for hydroxylation is 1. The standard InChI is InChI=1S/C14H24N4O/c1-9(2)13-8-12(16-17(13)4)14(19)18-6-5-11(15)7-10(18)3/h8-11H,5-7,15H2,1-4H3/t10-,11-/m0/s1. The third kappa shape index (κ3) is 2.81. The lowest BCUT2D eigenvalue weighted by Gasteiger charge is -2.35. The van der Waals surface area contributed by atoms with Gasteiger partial charge in [-0.2, -0.15) is 5.10 Å². The number of likely N-dealkylation sites (tertiary alicyclic amines) is 1. The second-order valence-corrected chi connectivity index (χ2v) is 5.86. The first-order valence-electron chi connectivity index (χ1n) is 7.00. The molecule has 1 aliphatic heterocycles. The number of amides is 1. The Kier molecular flexibility index (Phi) is 3.94. The van der Waals surface area contributed by atoms with Gasteiger partial charge in [0.05, 0.1) is 0 Å². The van der Waals surface area contributed by atoms with Crippen LogP contribution in [-0.2, 0) is 7.05 Å². The van der Waals surface area contributed by atoms with Crippen molar-refractivity contribution in [2.45, 2.75) is 51.6 Å². The van der Waals surface area contributed by atoms with E-state index >= 15 is 0 Å². The number of carbonyl (C=O) groups is 1. The van der Waals surface area contributed by atoms with Crippen LogP contribution in [0.4, 0.5) is 0 Å². The van der Waals surface area contributed by atoms with Gasteiger partial charge >= 0.3 is 0 Å². The molecular weight excluding hydrogens is 240 g/mol. The van der Waals surface area contributed by atoms with Crippen molar-refractivity contribution in [2.75, 3.05) is 6.54 Å². The molecule has 2 heterocycles. The highest BCUT2D eigenvalue weighted by Gasteiger charge is 2.29. The highest BCUT2D eigenvalue weighted by molar-refractivity contribution is 5.92. The van der Waals surface area contributed by atoms with Crippen molar-refractivity contribution in [1.82, 2.24) is 14.7 Å². The summed E-state index contributed by atoms with van der Waals surface area (Å²) in [5.41, 5.74) is 7.57. The molecule has 5 nitrogen and oxygen atoms in total. The number of rotatable bonds is 2. The van der Waals surface area contributed by atoms with Crippen LogP contribution >= 0.6 is 0 Å². The van der Waals surface area contributed by atoms with Crippen LogP contribution in [0.1, 0.15) is 55.7 Å². The van der Waals surface area contributed by atoms with Crippen molar-refractivity contribution in [3.05, 3.63) is 17.5 Å². The lowest BCUT2D eigenvalue weighted by molar-refractivity contribution is 0.0612. The van der Waals surface area contributed by atoms with Gasteiger partial charge in [0.25, 0.3) is 5.91 Å². The summed E-state index contributed by atoms with van der Waals surface area (Å²) < 4.78 is 1.80.